The largest absolute Gasteiger partial charge is 0.489 e. The van der Waals surface area contributed by atoms with E-state index in [4.69, 9.17) is 4.74 Å². The van der Waals surface area contributed by atoms with Crippen molar-refractivity contribution in [1.82, 2.24) is 10.2 Å². The van der Waals surface area contributed by atoms with Gasteiger partial charge in [-0.25, -0.2) is 0 Å². The summed E-state index contributed by atoms with van der Waals surface area (Å²) in [5, 5.41) is 10.1. The van der Waals surface area contributed by atoms with Crippen molar-refractivity contribution in [2.75, 3.05) is 11.1 Å². The summed E-state index contributed by atoms with van der Waals surface area (Å²) in [6.07, 6.45) is 0. The average molecular weight is 379 g/mol. The molecule has 6 heteroatoms. The molecule has 1 aliphatic heterocycles. The lowest BCUT2D eigenvalue weighted by molar-refractivity contribution is -0.113. The van der Waals surface area contributed by atoms with Crippen LogP contribution in [0.15, 0.2) is 48.5 Å². The first-order valence-corrected chi connectivity index (χ1v) is 9.89. The van der Waals surface area contributed by atoms with Crippen molar-refractivity contribution in [2.24, 2.45) is 0 Å². The zero-order valence-corrected chi connectivity index (χ0v) is 16.1. The molecule has 0 saturated carbocycles. The Morgan fingerprint density at radius 2 is 2.00 bits per heavy atom. The monoisotopic (exact) mass is 379 g/mol. The number of aromatic nitrogens is 2. The van der Waals surface area contributed by atoms with E-state index in [0.717, 1.165) is 28.1 Å². The van der Waals surface area contributed by atoms with E-state index in [1.54, 1.807) is 11.8 Å². The van der Waals surface area contributed by atoms with E-state index in [0.29, 0.717) is 18.2 Å². The standard InChI is InChI=1S/C21H21N3O2S/c1-13-4-3-5-15(10-13)11-26-17-8-6-16(7-9-17)20-19-14(2)23-24-21(19)22-18(25)12-27-20/h3-10,20H,11-12H2,1-2H3,(H2,22,23,24,25). The quantitative estimate of drug-likeness (QED) is 0.706. The minimum Gasteiger partial charge on any atom is -0.489 e. The van der Waals surface area contributed by atoms with Crippen molar-refractivity contribution in [1.29, 1.82) is 0 Å². The van der Waals surface area contributed by atoms with Gasteiger partial charge in [-0.1, -0.05) is 42.0 Å². The van der Waals surface area contributed by atoms with Gasteiger partial charge in [0.05, 0.1) is 11.0 Å². The molecule has 1 unspecified atom stereocenters. The van der Waals surface area contributed by atoms with Crippen molar-refractivity contribution < 1.29 is 9.53 Å². The fraction of sp³-hybridized carbons (Fsp3) is 0.238. The van der Waals surface area contributed by atoms with Crippen molar-refractivity contribution in [3.05, 3.63) is 76.5 Å². The van der Waals surface area contributed by atoms with Crippen LogP contribution in [-0.4, -0.2) is 21.9 Å². The molecule has 2 N–H and O–H groups in total. The SMILES string of the molecule is Cc1cccc(COc2ccc(C3SCC(=O)Nc4n[nH]c(C)c43)cc2)c1. The number of fused-ring (bicyclic) bond motifs is 1. The van der Waals surface area contributed by atoms with Crippen LogP contribution in [0.25, 0.3) is 0 Å². The van der Waals surface area contributed by atoms with Gasteiger partial charge in [0.2, 0.25) is 5.91 Å². The minimum absolute atomic E-state index is 0.0200. The first-order chi connectivity index (χ1) is 13.1. The van der Waals surface area contributed by atoms with Crippen LogP contribution in [0.1, 0.15) is 33.2 Å². The normalized spacial score (nSPS) is 16.4. The Hall–Kier alpha value is -2.73. The third-order valence-corrected chi connectivity index (χ3v) is 5.84. The predicted molar refractivity (Wildman–Crippen MR) is 108 cm³/mol. The molecule has 0 aliphatic carbocycles. The number of hydrogen-bond donors (Lipinski definition) is 2. The Labute approximate surface area is 162 Å². The topological polar surface area (TPSA) is 67.0 Å². The molecule has 5 nitrogen and oxygen atoms in total. The van der Waals surface area contributed by atoms with Crippen LogP contribution in [0.2, 0.25) is 0 Å². The average Bonchev–Trinajstić information content (AvgIpc) is 2.92. The van der Waals surface area contributed by atoms with E-state index in [9.17, 15) is 4.79 Å². The van der Waals surface area contributed by atoms with E-state index in [-0.39, 0.29) is 11.2 Å². The lowest BCUT2D eigenvalue weighted by Crippen LogP contribution is -2.12. The summed E-state index contributed by atoms with van der Waals surface area (Å²) in [4.78, 5) is 11.9. The van der Waals surface area contributed by atoms with Gasteiger partial charge < -0.3 is 10.1 Å². The molecule has 0 saturated heterocycles. The highest BCUT2D eigenvalue weighted by atomic mass is 32.2. The van der Waals surface area contributed by atoms with Crippen LogP contribution in [0.4, 0.5) is 5.82 Å². The summed E-state index contributed by atoms with van der Waals surface area (Å²) in [5.41, 5.74) is 5.53. The molecular formula is C21H21N3O2S. The van der Waals surface area contributed by atoms with Gasteiger partial charge in [0, 0.05) is 11.3 Å². The molecule has 27 heavy (non-hydrogen) atoms. The number of aromatic amines is 1. The zero-order chi connectivity index (χ0) is 18.8. The number of ether oxygens (including phenoxy) is 1. The van der Waals surface area contributed by atoms with Gasteiger partial charge in [-0.15, -0.1) is 11.8 Å². The molecule has 0 bridgehead atoms. The van der Waals surface area contributed by atoms with Gasteiger partial charge in [0.15, 0.2) is 5.82 Å². The van der Waals surface area contributed by atoms with E-state index in [1.807, 2.05) is 25.1 Å². The van der Waals surface area contributed by atoms with Gasteiger partial charge in [0.25, 0.3) is 0 Å². The van der Waals surface area contributed by atoms with Crippen molar-refractivity contribution in [2.45, 2.75) is 25.7 Å². The number of rotatable bonds is 4. The highest BCUT2D eigenvalue weighted by molar-refractivity contribution is 8.00. The zero-order valence-electron chi connectivity index (χ0n) is 15.3. The molecule has 1 aromatic heterocycles. The number of hydrogen-bond acceptors (Lipinski definition) is 4. The molecule has 2 heterocycles. The third-order valence-electron chi connectivity index (χ3n) is 4.57. The first-order valence-electron chi connectivity index (χ1n) is 8.85. The number of amides is 1. The lowest BCUT2D eigenvalue weighted by Gasteiger charge is -2.16. The Kier molecular flexibility index (Phi) is 4.90. The number of H-pyrrole nitrogens is 1. The fourth-order valence-corrected chi connectivity index (χ4v) is 4.43. The lowest BCUT2D eigenvalue weighted by atomic mass is 10.0. The van der Waals surface area contributed by atoms with Crippen LogP contribution >= 0.6 is 11.8 Å². The summed E-state index contributed by atoms with van der Waals surface area (Å²) in [6.45, 7) is 4.60. The van der Waals surface area contributed by atoms with Crippen LogP contribution < -0.4 is 10.1 Å². The van der Waals surface area contributed by atoms with Gasteiger partial charge in [-0.05, 0) is 37.1 Å². The summed E-state index contributed by atoms with van der Waals surface area (Å²) in [5.74, 6) is 1.85. The molecule has 4 rings (SSSR count). The molecule has 3 aromatic rings. The second-order valence-electron chi connectivity index (χ2n) is 6.70. The van der Waals surface area contributed by atoms with Gasteiger partial charge in [-0.2, -0.15) is 5.10 Å². The minimum atomic E-state index is -0.0200. The molecule has 0 fully saturated rings. The van der Waals surface area contributed by atoms with Crippen molar-refractivity contribution in [3.63, 3.8) is 0 Å². The number of nitrogens with zero attached hydrogens (tertiary/aromatic N) is 1. The highest BCUT2D eigenvalue weighted by Crippen LogP contribution is 2.42. The molecule has 0 spiro atoms. The molecule has 1 atom stereocenters. The van der Waals surface area contributed by atoms with Gasteiger partial charge in [0.1, 0.15) is 12.4 Å². The number of benzene rings is 2. The molecule has 2 aromatic carbocycles. The van der Waals surface area contributed by atoms with Crippen LogP contribution in [0, 0.1) is 13.8 Å². The van der Waals surface area contributed by atoms with E-state index in [1.165, 1.54) is 5.56 Å². The Bertz CT molecular complexity index is 966. The second kappa shape index (κ2) is 7.48. The maximum absolute atomic E-state index is 11.9. The Balaban J connectivity index is 1.52. The maximum atomic E-state index is 11.9. The van der Waals surface area contributed by atoms with Crippen LogP contribution in [0.5, 0.6) is 5.75 Å². The van der Waals surface area contributed by atoms with Crippen LogP contribution in [0.3, 0.4) is 0 Å². The predicted octanol–water partition coefficient (Wildman–Crippen LogP) is 4.38. The van der Waals surface area contributed by atoms with E-state index < -0.39 is 0 Å². The number of aryl methyl sites for hydroxylation is 2. The number of carbonyl (C=O) groups is 1. The van der Waals surface area contributed by atoms with Gasteiger partial charge in [-0.3, -0.25) is 9.89 Å². The van der Waals surface area contributed by atoms with E-state index in [2.05, 4.69) is 52.8 Å². The highest BCUT2D eigenvalue weighted by Gasteiger charge is 2.28. The molecule has 1 aliphatic rings. The molecule has 0 radical (unpaired) electrons. The summed E-state index contributed by atoms with van der Waals surface area (Å²) < 4.78 is 5.92. The summed E-state index contributed by atoms with van der Waals surface area (Å²) in [7, 11) is 0. The molecule has 138 valence electrons. The first kappa shape index (κ1) is 17.7. The Morgan fingerprint density at radius 3 is 2.78 bits per heavy atom. The molecule has 1 amide bonds. The third kappa shape index (κ3) is 3.85. The van der Waals surface area contributed by atoms with Crippen molar-refractivity contribution >= 4 is 23.5 Å². The maximum Gasteiger partial charge on any atom is 0.235 e. The van der Waals surface area contributed by atoms with Crippen LogP contribution in [-0.2, 0) is 11.4 Å². The van der Waals surface area contributed by atoms with E-state index >= 15 is 0 Å². The number of thioether (sulfide) groups is 1. The second-order valence-corrected chi connectivity index (χ2v) is 7.79. The fourth-order valence-electron chi connectivity index (χ4n) is 3.23. The number of nitrogens with one attached hydrogen (secondary N) is 2. The summed E-state index contributed by atoms with van der Waals surface area (Å²) >= 11 is 1.61. The number of carbonyl (C=O) groups excluding carboxylic acids is 1. The van der Waals surface area contributed by atoms with Gasteiger partial charge >= 0.3 is 0 Å². The van der Waals surface area contributed by atoms with Crippen molar-refractivity contribution in [3.8, 4) is 5.75 Å². The molecular weight excluding hydrogens is 358 g/mol. The smallest absolute Gasteiger partial charge is 0.235 e. The Morgan fingerprint density at radius 1 is 1.19 bits per heavy atom. The summed E-state index contributed by atoms with van der Waals surface area (Å²) in [6, 6.07) is 16.4. The number of anilines is 1.